The molecule has 0 radical (unpaired) electrons. The molecule has 1 aromatic carbocycles. The third-order valence-electron chi connectivity index (χ3n) is 9.18. The van der Waals surface area contributed by atoms with E-state index < -0.39 is 23.0 Å². The zero-order chi connectivity index (χ0) is 30.9. The van der Waals surface area contributed by atoms with E-state index in [4.69, 9.17) is 5.73 Å². The van der Waals surface area contributed by atoms with Crippen LogP contribution in [0.2, 0.25) is 0 Å². The number of rotatable bonds is 7. The molecule has 228 valence electrons. The molecule has 5 N–H and O–H groups in total. The Bertz CT molecular complexity index is 2040. The van der Waals surface area contributed by atoms with Gasteiger partial charge in [-0.3, -0.25) is 4.79 Å². The quantitative estimate of drug-likeness (QED) is 0.220. The average molecular weight is 603 g/mol. The van der Waals surface area contributed by atoms with Crippen molar-refractivity contribution >= 4 is 50.3 Å². The highest BCUT2D eigenvalue weighted by atomic mass is 19.2. The molecule has 2 saturated heterocycles. The maximum absolute atomic E-state index is 15.8. The third kappa shape index (κ3) is 4.21. The van der Waals surface area contributed by atoms with Crippen LogP contribution in [0.1, 0.15) is 23.2 Å². The van der Waals surface area contributed by atoms with Gasteiger partial charge in [0.1, 0.15) is 16.9 Å². The highest BCUT2D eigenvalue weighted by molar-refractivity contribution is 6.18. The molecule has 2 aliphatic heterocycles. The van der Waals surface area contributed by atoms with Crippen molar-refractivity contribution in [2.24, 2.45) is 18.7 Å². The maximum Gasteiger partial charge on any atom is 0.341 e. The summed E-state index contributed by atoms with van der Waals surface area (Å²) in [7, 11) is 3.27. The standard InChI is InChI=1S/C31H32F2N8O3/c1-35-21-9-20(32)25(33)23-24-27(41-7-4-15-12-40(6-3-5-34)14-22(15)41)18(11-36-29(24)38-26(21)23)16-8-17-28(42)19(31(43)44)13-39(2)30(17)37-10-16/h8-11,13,15,22,35H,3-7,12,14,34H2,1-2H3,(H,36,38)(H,43,44). The lowest BCUT2D eigenvalue weighted by molar-refractivity contribution is 0.0695. The summed E-state index contributed by atoms with van der Waals surface area (Å²) >= 11 is 0. The molecule has 44 heavy (non-hydrogen) atoms. The van der Waals surface area contributed by atoms with Crippen LogP contribution in [0.15, 0.2) is 35.5 Å². The predicted octanol–water partition coefficient (Wildman–Crippen LogP) is 3.51. The number of benzene rings is 1. The normalized spacial score (nSPS) is 18.6. The first kappa shape index (κ1) is 28.2. The van der Waals surface area contributed by atoms with Crippen LogP contribution in [0, 0.1) is 17.6 Å². The summed E-state index contributed by atoms with van der Waals surface area (Å²) in [6.45, 7) is 3.92. The Kier molecular flexibility index (Phi) is 6.74. The van der Waals surface area contributed by atoms with E-state index in [0.717, 1.165) is 38.5 Å². The zero-order valence-electron chi connectivity index (χ0n) is 24.3. The van der Waals surface area contributed by atoms with Gasteiger partial charge in [0.15, 0.2) is 11.6 Å². The molecule has 0 saturated carbocycles. The number of nitrogens with two attached hydrogens (primary N) is 1. The second-order valence-electron chi connectivity index (χ2n) is 11.7. The number of anilines is 2. The van der Waals surface area contributed by atoms with E-state index in [1.54, 1.807) is 32.6 Å². The Balaban J connectivity index is 1.51. The smallest absolute Gasteiger partial charge is 0.341 e. The van der Waals surface area contributed by atoms with Gasteiger partial charge in [0.2, 0.25) is 5.43 Å². The molecule has 2 unspecified atom stereocenters. The first-order chi connectivity index (χ1) is 21.2. The number of aryl methyl sites for hydroxylation is 1. The van der Waals surface area contributed by atoms with Crippen molar-refractivity contribution in [3.8, 4) is 11.1 Å². The van der Waals surface area contributed by atoms with Crippen molar-refractivity contribution < 1.29 is 18.7 Å². The highest BCUT2D eigenvalue weighted by Crippen LogP contribution is 2.47. The minimum atomic E-state index is -1.33. The Labute approximate surface area is 250 Å². The van der Waals surface area contributed by atoms with E-state index in [1.807, 2.05) is 0 Å². The highest BCUT2D eigenvalue weighted by Gasteiger charge is 2.43. The molecule has 13 heteroatoms. The number of pyridine rings is 3. The molecule has 6 heterocycles. The number of aromatic nitrogens is 4. The molecular weight excluding hydrogens is 570 g/mol. The van der Waals surface area contributed by atoms with E-state index in [0.29, 0.717) is 63.7 Å². The summed E-state index contributed by atoms with van der Waals surface area (Å²) in [6.07, 6.45) is 6.33. The molecule has 0 amide bonds. The molecule has 2 aliphatic rings. The number of likely N-dealkylation sites (tertiary alicyclic amines) is 1. The first-order valence-electron chi connectivity index (χ1n) is 14.6. The van der Waals surface area contributed by atoms with Crippen molar-refractivity contribution in [2.45, 2.75) is 18.9 Å². The summed E-state index contributed by atoms with van der Waals surface area (Å²) < 4.78 is 32.3. The van der Waals surface area contributed by atoms with Crippen LogP contribution in [-0.4, -0.2) is 81.3 Å². The molecule has 0 spiro atoms. The number of hydrogen-bond acceptors (Lipinski definition) is 8. The lowest BCUT2D eigenvalue weighted by atomic mass is 9.99. The lowest BCUT2D eigenvalue weighted by Crippen LogP contribution is -2.36. The molecule has 0 bridgehead atoms. The number of carboxylic acids is 1. The van der Waals surface area contributed by atoms with Gasteiger partial charge in [0.25, 0.3) is 0 Å². The number of fused-ring (bicyclic) bond motifs is 5. The number of aromatic carboxylic acids is 1. The molecule has 5 aromatic rings. The van der Waals surface area contributed by atoms with Crippen molar-refractivity contribution in [1.82, 2.24) is 24.4 Å². The largest absolute Gasteiger partial charge is 0.477 e. The number of nitrogens with one attached hydrogen (secondary N) is 2. The van der Waals surface area contributed by atoms with Gasteiger partial charge in [-0.2, -0.15) is 0 Å². The maximum atomic E-state index is 15.8. The van der Waals surface area contributed by atoms with E-state index in [-0.39, 0.29) is 22.4 Å². The Morgan fingerprint density at radius 3 is 2.77 bits per heavy atom. The number of carbonyl (C=O) groups is 1. The van der Waals surface area contributed by atoms with Crippen LogP contribution in [0.5, 0.6) is 0 Å². The van der Waals surface area contributed by atoms with Gasteiger partial charge in [-0.05, 0) is 37.9 Å². The minimum absolute atomic E-state index is 0.0907. The van der Waals surface area contributed by atoms with Gasteiger partial charge >= 0.3 is 5.97 Å². The topological polar surface area (TPSA) is 145 Å². The van der Waals surface area contributed by atoms with E-state index >= 15 is 8.78 Å². The molecular formula is C31H32F2N8O3. The first-order valence-corrected chi connectivity index (χ1v) is 14.6. The number of hydrogen-bond donors (Lipinski definition) is 4. The third-order valence-corrected chi connectivity index (χ3v) is 9.18. The van der Waals surface area contributed by atoms with Crippen LogP contribution in [0.4, 0.5) is 20.2 Å². The summed E-state index contributed by atoms with van der Waals surface area (Å²) in [4.78, 5) is 42.1. The fraction of sp³-hybridized carbons (Fsp3) is 0.355. The molecule has 11 nitrogen and oxygen atoms in total. The Morgan fingerprint density at radius 1 is 1.20 bits per heavy atom. The molecule has 0 aliphatic carbocycles. The summed E-state index contributed by atoms with van der Waals surface area (Å²) in [5.41, 5.74) is 8.07. The van der Waals surface area contributed by atoms with Crippen LogP contribution in [0.3, 0.4) is 0 Å². The minimum Gasteiger partial charge on any atom is -0.477 e. The van der Waals surface area contributed by atoms with Gasteiger partial charge in [-0.25, -0.2) is 23.5 Å². The summed E-state index contributed by atoms with van der Waals surface area (Å²) in [5, 5.41) is 13.3. The number of aromatic amines is 1. The van der Waals surface area contributed by atoms with E-state index in [1.165, 1.54) is 10.8 Å². The second-order valence-corrected chi connectivity index (χ2v) is 11.7. The fourth-order valence-corrected chi connectivity index (χ4v) is 7.14. The fourth-order valence-electron chi connectivity index (χ4n) is 7.14. The van der Waals surface area contributed by atoms with Crippen LogP contribution in [0.25, 0.3) is 44.1 Å². The van der Waals surface area contributed by atoms with Crippen LogP contribution < -0.4 is 21.4 Å². The second kappa shape index (κ2) is 10.5. The van der Waals surface area contributed by atoms with Gasteiger partial charge in [0.05, 0.1) is 33.1 Å². The number of nitrogens with zero attached hydrogens (tertiary/aromatic N) is 5. The lowest BCUT2D eigenvalue weighted by Gasteiger charge is -2.30. The van der Waals surface area contributed by atoms with Gasteiger partial charge in [0, 0.05) is 75.6 Å². The van der Waals surface area contributed by atoms with Gasteiger partial charge < -0.3 is 35.5 Å². The SMILES string of the molecule is CNc1cc(F)c(F)c2c1[nH]c1ncc(-c3cnc4c(c3)c(=O)c(C(=O)O)cn4C)c(N3CCC4CN(CCCN)CC43)c12. The number of H-pyrrole nitrogens is 1. The van der Waals surface area contributed by atoms with Crippen molar-refractivity contribution in [3.05, 3.63) is 58.1 Å². The number of carboxylic acid groups (broad SMARTS) is 1. The van der Waals surface area contributed by atoms with Crippen molar-refractivity contribution in [1.29, 1.82) is 0 Å². The molecule has 2 fully saturated rings. The number of halogens is 2. The monoisotopic (exact) mass is 602 g/mol. The van der Waals surface area contributed by atoms with Crippen molar-refractivity contribution in [3.63, 3.8) is 0 Å². The molecule has 2 atom stereocenters. The summed E-state index contributed by atoms with van der Waals surface area (Å²) in [5.74, 6) is -2.91. The van der Waals surface area contributed by atoms with E-state index in [2.05, 4.69) is 30.1 Å². The van der Waals surface area contributed by atoms with Gasteiger partial charge in [-0.15, -0.1) is 0 Å². The van der Waals surface area contributed by atoms with Crippen LogP contribution in [-0.2, 0) is 7.05 Å². The molecule has 7 rings (SSSR count). The Hall–Kier alpha value is -4.62. The Morgan fingerprint density at radius 2 is 2.02 bits per heavy atom. The van der Waals surface area contributed by atoms with Gasteiger partial charge in [-0.1, -0.05) is 0 Å². The van der Waals surface area contributed by atoms with E-state index in [9.17, 15) is 14.7 Å². The predicted molar refractivity (Wildman–Crippen MR) is 165 cm³/mol. The summed E-state index contributed by atoms with van der Waals surface area (Å²) in [6, 6.07) is 2.85. The van der Waals surface area contributed by atoms with Crippen LogP contribution >= 0.6 is 0 Å². The average Bonchev–Trinajstić information content (AvgIpc) is 3.72. The molecule has 4 aromatic heterocycles. The zero-order valence-corrected chi connectivity index (χ0v) is 24.3. The van der Waals surface area contributed by atoms with Crippen molar-refractivity contribution in [2.75, 3.05) is 50.0 Å².